The highest BCUT2D eigenvalue weighted by Gasteiger charge is 2.21. The predicted molar refractivity (Wildman–Crippen MR) is 146 cm³/mol. The number of benzene rings is 1. The molecule has 0 fully saturated rings. The van der Waals surface area contributed by atoms with Crippen LogP contribution in [0, 0.1) is 5.41 Å². The number of hydrogen-bond donors (Lipinski definition) is 3. The Bertz CT molecular complexity index is 1500. The lowest BCUT2D eigenvalue weighted by Gasteiger charge is -2.15. The maximum atomic E-state index is 13.1. The second kappa shape index (κ2) is 10.6. The average Bonchev–Trinajstić information content (AvgIpc) is 3.45. The van der Waals surface area contributed by atoms with Crippen LogP contribution in [-0.2, 0) is 11.8 Å². The Morgan fingerprint density at radius 1 is 1.19 bits per heavy atom. The highest BCUT2D eigenvalue weighted by molar-refractivity contribution is 6.21. The molecule has 0 aliphatic carbocycles. The molecule has 0 atom stereocenters. The first kappa shape index (κ1) is 25.5. The molecule has 0 aliphatic heterocycles. The zero-order chi connectivity index (χ0) is 26.7. The van der Waals surface area contributed by atoms with Crippen LogP contribution < -0.4 is 15.4 Å². The van der Waals surface area contributed by atoms with E-state index in [1.54, 1.807) is 55.0 Å². The van der Waals surface area contributed by atoms with E-state index in [2.05, 4.69) is 20.7 Å². The van der Waals surface area contributed by atoms with Crippen LogP contribution in [-0.4, -0.2) is 51.4 Å². The number of nitrogens with one attached hydrogen (secondary N) is 3. The lowest BCUT2D eigenvalue weighted by Crippen LogP contribution is -2.18. The third kappa shape index (κ3) is 5.32. The molecule has 3 heterocycles. The summed E-state index contributed by atoms with van der Waals surface area (Å²) in [6.07, 6.45) is 6.29. The van der Waals surface area contributed by atoms with Crippen molar-refractivity contribution in [3.05, 3.63) is 60.7 Å². The summed E-state index contributed by atoms with van der Waals surface area (Å²) in [6.45, 7) is 5.37. The van der Waals surface area contributed by atoms with E-state index in [0.29, 0.717) is 34.2 Å². The van der Waals surface area contributed by atoms with E-state index in [-0.39, 0.29) is 6.10 Å². The topological polar surface area (TPSA) is 119 Å². The highest BCUT2D eigenvalue weighted by atomic mass is 16.6. The van der Waals surface area contributed by atoms with Crippen LogP contribution >= 0.6 is 0 Å². The van der Waals surface area contributed by atoms with Gasteiger partial charge in [0.1, 0.15) is 11.6 Å². The number of hydrogen-bond acceptors (Lipinski definition) is 8. The van der Waals surface area contributed by atoms with E-state index >= 15 is 0 Å². The van der Waals surface area contributed by atoms with Gasteiger partial charge >= 0.3 is 6.09 Å². The van der Waals surface area contributed by atoms with Crippen molar-refractivity contribution in [1.82, 2.24) is 24.6 Å². The molecule has 192 valence electrons. The number of rotatable bonds is 8. The van der Waals surface area contributed by atoms with Gasteiger partial charge in [-0.1, -0.05) is 6.07 Å². The second-order valence-corrected chi connectivity index (χ2v) is 8.84. The van der Waals surface area contributed by atoms with Crippen LogP contribution in [0.3, 0.4) is 0 Å². The van der Waals surface area contributed by atoms with Crippen LogP contribution in [0.25, 0.3) is 27.7 Å². The van der Waals surface area contributed by atoms with Crippen molar-refractivity contribution in [2.24, 2.45) is 7.05 Å². The fourth-order valence-electron chi connectivity index (χ4n) is 4.04. The summed E-state index contributed by atoms with van der Waals surface area (Å²) >= 11 is 0. The molecule has 3 N–H and O–H groups in total. The van der Waals surface area contributed by atoms with E-state index in [0.717, 1.165) is 22.1 Å². The van der Waals surface area contributed by atoms with E-state index < -0.39 is 6.09 Å². The molecule has 3 aromatic heterocycles. The summed E-state index contributed by atoms with van der Waals surface area (Å²) in [5, 5.41) is 19.4. The van der Waals surface area contributed by atoms with Crippen molar-refractivity contribution in [1.29, 1.82) is 5.41 Å². The minimum Gasteiger partial charge on any atom is -0.495 e. The van der Waals surface area contributed by atoms with Crippen LogP contribution in [0.4, 0.5) is 16.3 Å². The number of nitrogens with zero attached hydrogens (tertiary/aromatic N) is 4. The zero-order valence-corrected chi connectivity index (χ0v) is 21.8. The molecule has 37 heavy (non-hydrogen) atoms. The summed E-state index contributed by atoms with van der Waals surface area (Å²) in [5.41, 5.74) is 4.84. The molecule has 0 aliphatic rings. The number of fused-ring (bicyclic) bond motifs is 1. The monoisotopic (exact) mass is 501 g/mol. The molecule has 0 unspecified atom stereocenters. The number of aryl methyl sites for hydroxylation is 1. The van der Waals surface area contributed by atoms with Gasteiger partial charge in [0.05, 0.1) is 36.3 Å². The van der Waals surface area contributed by atoms with E-state index in [1.165, 1.54) is 0 Å². The van der Waals surface area contributed by atoms with Crippen LogP contribution in [0.1, 0.15) is 26.3 Å². The van der Waals surface area contributed by atoms with E-state index in [4.69, 9.17) is 14.9 Å². The average molecular weight is 502 g/mol. The van der Waals surface area contributed by atoms with E-state index in [9.17, 15) is 4.79 Å². The Kier molecular flexibility index (Phi) is 7.28. The minimum absolute atomic E-state index is 0.277. The second-order valence-electron chi connectivity index (χ2n) is 8.84. The van der Waals surface area contributed by atoms with Crippen molar-refractivity contribution >= 4 is 39.8 Å². The molecule has 0 saturated carbocycles. The molecule has 10 heteroatoms. The molecule has 0 bridgehead atoms. The van der Waals surface area contributed by atoms with Crippen molar-refractivity contribution in [2.75, 3.05) is 19.5 Å². The number of pyridine rings is 1. The van der Waals surface area contributed by atoms with Crippen molar-refractivity contribution < 1.29 is 14.3 Å². The number of ether oxygens (including phenoxy) is 2. The van der Waals surface area contributed by atoms with Crippen molar-refractivity contribution in [3.8, 4) is 17.0 Å². The maximum absolute atomic E-state index is 13.1. The van der Waals surface area contributed by atoms with Crippen LogP contribution in [0.5, 0.6) is 5.75 Å². The van der Waals surface area contributed by atoms with Gasteiger partial charge in [-0.05, 0) is 44.5 Å². The van der Waals surface area contributed by atoms with Gasteiger partial charge in [-0.2, -0.15) is 5.10 Å². The number of carbonyl (C=O) groups is 1. The predicted octanol–water partition coefficient (Wildman–Crippen LogP) is 5.18. The number of methoxy groups -OCH3 is 1. The molecule has 0 spiro atoms. The fraction of sp³-hybridized carbons (Fsp3) is 0.259. The van der Waals surface area contributed by atoms with Gasteiger partial charge in [-0.25, -0.2) is 14.3 Å². The third-order valence-electron chi connectivity index (χ3n) is 5.67. The Morgan fingerprint density at radius 2 is 1.97 bits per heavy atom. The molecule has 4 aromatic rings. The smallest absolute Gasteiger partial charge is 0.419 e. The van der Waals surface area contributed by atoms with Crippen molar-refractivity contribution in [3.63, 3.8) is 0 Å². The van der Waals surface area contributed by atoms with Crippen LogP contribution in [0.2, 0.25) is 0 Å². The lowest BCUT2D eigenvalue weighted by atomic mass is 10.0. The summed E-state index contributed by atoms with van der Waals surface area (Å²) < 4.78 is 14.4. The summed E-state index contributed by atoms with van der Waals surface area (Å²) in [5.74, 6) is 1.12. The van der Waals surface area contributed by atoms with Crippen molar-refractivity contribution in [2.45, 2.75) is 26.9 Å². The summed E-state index contributed by atoms with van der Waals surface area (Å²) in [4.78, 5) is 17.7. The SMILES string of the molecule is CN/C=C(\C(C)=N)c1ccc(Nc2cc3c(cn2)cc(-c2cnn(C)c2)n3C(=O)OC(C)C)c(OC)c1. The summed E-state index contributed by atoms with van der Waals surface area (Å²) in [7, 11) is 5.21. The normalized spacial score (nSPS) is 11.6. The first-order chi connectivity index (χ1) is 17.7. The first-order valence-corrected chi connectivity index (χ1v) is 11.8. The largest absolute Gasteiger partial charge is 0.495 e. The molecule has 10 nitrogen and oxygen atoms in total. The molecule has 0 saturated heterocycles. The van der Waals surface area contributed by atoms with Gasteiger partial charge in [0.15, 0.2) is 0 Å². The Balaban J connectivity index is 1.76. The zero-order valence-electron chi connectivity index (χ0n) is 21.8. The minimum atomic E-state index is -0.478. The van der Waals surface area contributed by atoms with Gasteiger partial charge in [-0.3, -0.25) is 4.68 Å². The molecule has 4 rings (SSSR count). The molecular weight excluding hydrogens is 470 g/mol. The lowest BCUT2D eigenvalue weighted by molar-refractivity contribution is 0.118. The molecule has 0 radical (unpaired) electrons. The van der Waals surface area contributed by atoms with Crippen LogP contribution in [0.15, 0.2) is 55.1 Å². The van der Waals surface area contributed by atoms with Gasteiger partial charge in [0.25, 0.3) is 0 Å². The first-order valence-electron chi connectivity index (χ1n) is 11.8. The van der Waals surface area contributed by atoms with Gasteiger partial charge in [0, 0.05) is 61.0 Å². The third-order valence-corrected chi connectivity index (χ3v) is 5.67. The number of anilines is 2. The van der Waals surface area contributed by atoms with Gasteiger partial charge in [0.2, 0.25) is 0 Å². The number of carbonyl (C=O) groups excluding carboxylic acids is 1. The molecular formula is C27H31N7O3. The Hall–Kier alpha value is -4.60. The fourth-order valence-corrected chi connectivity index (χ4v) is 4.04. The standard InChI is InChI=1S/C27H31N7O3/c1-16(2)37-27(35)34-23(20-13-31-33(5)15-20)9-19-12-30-26(11-24(19)34)32-22-8-7-18(10-25(22)36-6)21(14-29-4)17(3)28/h7-16,28-29H,1-6H3,(H,30,32)/b21-14+,28-17?. The maximum Gasteiger partial charge on any atom is 0.419 e. The van der Waals surface area contributed by atoms with Gasteiger partial charge < -0.3 is 25.5 Å². The molecule has 1 aromatic carbocycles. The highest BCUT2D eigenvalue weighted by Crippen LogP contribution is 2.33. The quantitative estimate of drug-likeness (QED) is 0.285. The summed E-state index contributed by atoms with van der Waals surface area (Å²) in [6, 6.07) is 9.35. The van der Waals surface area contributed by atoms with E-state index in [1.807, 2.05) is 51.4 Å². The number of aromatic nitrogens is 4. The molecule has 0 amide bonds. The Labute approximate surface area is 215 Å². The number of allylic oxidation sites excluding steroid dienone is 1. The van der Waals surface area contributed by atoms with Gasteiger partial charge in [-0.15, -0.1) is 0 Å². The Morgan fingerprint density at radius 3 is 2.59 bits per heavy atom.